The van der Waals surface area contributed by atoms with Crippen LogP contribution in [-0.2, 0) is 16.6 Å². The van der Waals surface area contributed by atoms with Gasteiger partial charge in [0, 0.05) is 22.7 Å². The molecule has 102 valence electrons. The van der Waals surface area contributed by atoms with E-state index in [1.54, 1.807) is 12.1 Å². The summed E-state index contributed by atoms with van der Waals surface area (Å²) >= 11 is 1.51. The molecule has 0 radical (unpaired) electrons. The third-order valence-electron chi connectivity index (χ3n) is 2.77. The summed E-state index contributed by atoms with van der Waals surface area (Å²) in [5.74, 6) is -0.747. The van der Waals surface area contributed by atoms with E-state index in [1.807, 2.05) is 22.2 Å². The van der Waals surface area contributed by atoms with Crippen LogP contribution in [-0.4, -0.2) is 24.7 Å². The summed E-state index contributed by atoms with van der Waals surface area (Å²) in [6.07, 6.45) is 3.73. The number of aromatic nitrogens is 2. The van der Waals surface area contributed by atoms with Crippen molar-refractivity contribution in [3.05, 3.63) is 53.3 Å². The molecule has 0 aliphatic carbocycles. The summed E-state index contributed by atoms with van der Waals surface area (Å²) in [6.45, 7) is 0. The zero-order valence-corrected chi connectivity index (χ0v) is 11.9. The molecule has 0 aliphatic heterocycles. The maximum absolute atomic E-state index is 12.3. The molecule has 20 heavy (non-hydrogen) atoms. The molecule has 0 fully saturated rings. The smallest absolute Gasteiger partial charge is 0.335 e. The molecule has 0 saturated carbocycles. The number of aromatic carboxylic acids is 1. The standard InChI is InChI=1S/C13H10N2O3S2/c16-12(17)9-2-1-3-11(6-9)20(18)8-10-7-15-4-5-19-13(15)14-10/h1-7H,8H2,(H,16,17). The topological polar surface area (TPSA) is 71.7 Å². The summed E-state index contributed by atoms with van der Waals surface area (Å²) in [4.78, 5) is 16.6. The largest absolute Gasteiger partial charge is 0.478 e. The Morgan fingerprint density at radius 3 is 3.05 bits per heavy atom. The van der Waals surface area contributed by atoms with E-state index in [0.29, 0.717) is 4.90 Å². The van der Waals surface area contributed by atoms with Gasteiger partial charge in [-0.05, 0) is 18.2 Å². The molecule has 1 unspecified atom stereocenters. The van der Waals surface area contributed by atoms with Crippen LogP contribution < -0.4 is 0 Å². The monoisotopic (exact) mass is 306 g/mol. The highest BCUT2D eigenvalue weighted by Crippen LogP contribution is 2.16. The average Bonchev–Trinajstić information content (AvgIpc) is 2.99. The Balaban J connectivity index is 1.83. The van der Waals surface area contributed by atoms with Gasteiger partial charge in [-0.3, -0.25) is 8.61 Å². The van der Waals surface area contributed by atoms with Gasteiger partial charge in [0.2, 0.25) is 0 Å². The van der Waals surface area contributed by atoms with Gasteiger partial charge in [0.05, 0.1) is 27.8 Å². The lowest BCUT2D eigenvalue weighted by Gasteiger charge is -2.01. The number of carboxylic acid groups (broad SMARTS) is 1. The van der Waals surface area contributed by atoms with Gasteiger partial charge in [-0.2, -0.15) is 0 Å². The van der Waals surface area contributed by atoms with Crippen LogP contribution in [0.3, 0.4) is 0 Å². The Labute approximate surface area is 121 Å². The number of rotatable bonds is 4. The normalized spacial score (nSPS) is 12.6. The van der Waals surface area contributed by atoms with Crippen LogP contribution in [0.1, 0.15) is 16.1 Å². The van der Waals surface area contributed by atoms with Gasteiger partial charge >= 0.3 is 5.97 Å². The van der Waals surface area contributed by atoms with Crippen molar-refractivity contribution in [3.8, 4) is 0 Å². The van der Waals surface area contributed by atoms with Crippen molar-refractivity contribution >= 4 is 33.1 Å². The molecule has 2 aromatic heterocycles. The summed E-state index contributed by atoms with van der Waals surface area (Å²) in [7, 11) is -1.31. The molecular weight excluding hydrogens is 296 g/mol. The Morgan fingerprint density at radius 1 is 1.45 bits per heavy atom. The number of nitrogens with zero attached hydrogens (tertiary/aromatic N) is 2. The van der Waals surface area contributed by atoms with Crippen LogP contribution in [0.25, 0.3) is 4.96 Å². The first kappa shape index (κ1) is 13.0. The van der Waals surface area contributed by atoms with Crippen molar-refractivity contribution in [2.75, 3.05) is 0 Å². The van der Waals surface area contributed by atoms with Gasteiger partial charge in [0.15, 0.2) is 4.96 Å². The molecule has 0 amide bonds. The Bertz CT molecular complexity index is 778. The predicted molar refractivity (Wildman–Crippen MR) is 76.6 cm³/mol. The van der Waals surface area contributed by atoms with Crippen LogP contribution in [0.4, 0.5) is 0 Å². The van der Waals surface area contributed by atoms with Crippen LogP contribution in [0.2, 0.25) is 0 Å². The Morgan fingerprint density at radius 2 is 2.30 bits per heavy atom. The minimum Gasteiger partial charge on any atom is -0.478 e. The molecule has 0 spiro atoms. The van der Waals surface area contributed by atoms with Crippen LogP contribution >= 0.6 is 11.3 Å². The summed E-state index contributed by atoms with van der Waals surface area (Å²) in [5.41, 5.74) is 0.873. The van der Waals surface area contributed by atoms with Gasteiger partial charge < -0.3 is 5.11 Å². The lowest BCUT2D eigenvalue weighted by Crippen LogP contribution is -2.01. The highest BCUT2D eigenvalue weighted by Gasteiger charge is 2.11. The highest BCUT2D eigenvalue weighted by molar-refractivity contribution is 7.84. The Kier molecular flexibility index (Phi) is 3.37. The first-order valence-corrected chi connectivity index (χ1v) is 7.96. The number of hydrogen-bond acceptors (Lipinski definition) is 4. The van der Waals surface area contributed by atoms with E-state index in [1.165, 1.54) is 23.5 Å². The van der Waals surface area contributed by atoms with E-state index in [4.69, 9.17) is 5.11 Å². The van der Waals surface area contributed by atoms with E-state index in [0.717, 1.165) is 10.7 Å². The van der Waals surface area contributed by atoms with Gasteiger partial charge in [-0.25, -0.2) is 9.78 Å². The zero-order chi connectivity index (χ0) is 14.1. The second kappa shape index (κ2) is 5.18. The number of carboxylic acids is 1. The van der Waals surface area contributed by atoms with Crippen molar-refractivity contribution in [2.45, 2.75) is 10.6 Å². The third-order valence-corrected chi connectivity index (χ3v) is 4.87. The van der Waals surface area contributed by atoms with E-state index < -0.39 is 16.8 Å². The first-order chi connectivity index (χ1) is 9.63. The van der Waals surface area contributed by atoms with Gasteiger partial charge in [0.25, 0.3) is 0 Å². The van der Waals surface area contributed by atoms with E-state index >= 15 is 0 Å². The molecule has 3 rings (SSSR count). The molecule has 0 aliphatic rings. The maximum Gasteiger partial charge on any atom is 0.335 e. The lowest BCUT2D eigenvalue weighted by molar-refractivity contribution is 0.0696. The highest BCUT2D eigenvalue weighted by atomic mass is 32.2. The fraction of sp³-hybridized carbons (Fsp3) is 0.0769. The number of carbonyl (C=O) groups is 1. The number of benzene rings is 1. The summed E-state index contributed by atoms with van der Waals surface area (Å²) < 4.78 is 14.1. The third kappa shape index (κ3) is 2.50. The van der Waals surface area contributed by atoms with Gasteiger partial charge in [0.1, 0.15) is 0 Å². The molecule has 0 bridgehead atoms. The SMILES string of the molecule is O=C(O)c1cccc(S(=O)Cc2cn3ccsc3n2)c1. The quantitative estimate of drug-likeness (QED) is 0.803. The molecule has 7 heteroatoms. The number of thiazole rings is 1. The fourth-order valence-corrected chi connectivity index (χ4v) is 3.62. The van der Waals surface area contributed by atoms with Crippen LogP contribution in [0.15, 0.2) is 46.9 Å². The second-order valence-electron chi connectivity index (χ2n) is 4.15. The van der Waals surface area contributed by atoms with E-state index in [9.17, 15) is 9.00 Å². The van der Waals surface area contributed by atoms with Crippen molar-refractivity contribution in [3.63, 3.8) is 0 Å². The van der Waals surface area contributed by atoms with Gasteiger partial charge in [-0.15, -0.1) is 11.3 Å². The number of imidazole rings is 1. The summed E-state index contributed by atoms with van der Waals surface area (Å²) in [5, 5.41) is 10.9. The van der Waals surface area contributed by atoms with Crippen molar-refractivity contribution in [1.29, 1.82) is 0 Å². The van der Waals surface area contributed by atoms with Crippen molar-refractivity contribution in [2.24, 2.45) is 0 Å². The van der Waals surface area contributed by atoms with E-state index in [-0.39, 0.29) is 11.3 Å². The molecule has 5 nitrogen and oxygen atoms in total. The lowest BCUT2D eigenvalue weighted by atomic mass is 10.2. The predicted octanol–water partition coefficient (Wildman–Crippen LogP) is 2.40. The van der Waals surface area contributed by atoms with Crippen LogP contribution in [0.5, 0.6) is 0 Å². The maximum atomic E-state index is 12.3. The molecule has 2 heterocycles. The average molecular weight is 306 g/mol. The molecule has 1 N–H and O–H groups in total. The fourth-order valence-electron chi connectivity index (χ4n) is 1.83. The van der Waals surface area contributed by atoms with Crippen molar-refractivity contribution in [1.82, 2.24) is 9.38 Å². The Hall–Kier alpha value is -1.99. The number of hydrogen-bond donors (Lipinski definition) is 1. The molecular formula is C13H10N2O3S2. The second-order valence-corrected chi connectivity index (χ2v) is 6.47. The summed E-state index contributed by atoms with van der Waals surface area (Å²) in [6, 6.07) is 6.19. The molecule has 1 aromatic carbocycles. The minimum absolute atomic E-state index is 0.140. The van der Waals surface area contributed by atoms with Crippen LogP contribution in [0, 0.1) is 0 Å². The molecule has 3 aromatic rings. The van der Waals surface area contributed by atoms with E-state index in [2.05, 4.69) is 4.98 Å². The molecule has 0 saturated heterocycles. The molecule has 1 atom stereocenters. The first-order valence-electron chi connectivity index (χ1n) is 5.76. The zero-order valence-electron chi connectivity index (χ0n) is 10.2. The van der Waals surface area contributed by atoms with Gasteiger partial charge in [-0.1, -0.05) is 6.07 Å². The minimum atomic E-state index is -1.31. The van der Waals surface area contributed by atoms with Crippen molar-refractivity contribution < 1.29 is 14.1 Å². The number of fused-ring (bicyclic) bond motifs is 1.